The number of ether oxygens (including phenoxy) is 1. The fourth-order valence-corrected chi connectivity index (χ4v) is 4.20. The number of methoxy groups -OCH3 is 1. The van der Waals surface area contributed by atoms with Crippen LogP contribution in [0.15, 0.2) is 24.3 Å². The summed E-state index contributed by atoms with van der Waals surface area (Å²) < 4.78 is 5.45. The number of benzene rings is 2. The van der Waals surface area contributed by atoms with E-state index in [2.05, 4.69) is 45.0 Å². The van der Waals surface area contributed by atoms with Gasteiger partial charge in [-0.25, -0.2) is 0 Å². The third-order valence-electron chi connectivity index (χ3n) is 5.29. The molecular weight excluding hydrogens is 280 g/mol. The van der Waals surface area contributed by atoms with E-state index in [9.17, 15) is 0 Å². The van der Waals surface area contributed by atoms with E-state index in [-0.39, 0.29) is 0 Å². The maximum Gasteiger partial charge on any atom is 0.119 e. The Balaban J connectivity index is 2.30. The van der Waals surface area contributed by atoms with Gasteiger partial charge in [0.05, 0.1) is 7.11 Å². The van der Waals surface area contributed by atoms with Crippen LogP contribution in [0.4, 0.5) is 0 Å². The van der Waals surface area contributed by atoms with E-state index in [0.29, 0.717) is 0 Å². The molecule has 0 aliphatic heterocycles. The average Bonchev–Trinajstić information content (AvgIpc) is 2.78. The number of hydrogen-bond acceptors (Lipinski definition) is 1. The van der Waals surface area contributed by atoms with E-state index >= 15 is 0 Å². The molecule has 0 fully saturated rings. The zero-order valence-corrected chi connectivity index (χ0v) is 15.0. The van der Waals surface area contributed by atoms with Crippen molar-refractivity contribution in [2.75, 3.05) is 7.11 Å². The zero-order valence-electron chi connectivity index (χ0n) is 15.0. The average molecular weight is 308 g/mol. The Morgan fingerprint density at radius 2 is 1.61 bits per heavy atom. The van der Waals surface area contributed by atoms with Gasteiger partial charge in [-0.05, 0) is 89.6 Å². The van der Waals surface area contributed by atoms with Crippen molar-refractivity contribution in [3.05, 3.63) is 52.1 Å². The van der Waals surface area contributed by atoms with Crippen molar-refractivity contribution in [2.45, 2.75) is 59.3 Å². The van der Waals surface area contributed by atoms with Gasteiger partial charge in [-0.15, -0.1) is 0 Å². The molecule has 0 N–H and O–H groups in total. The molecule has 0 saturated carbocycles. The van der Waals surface area contributed by atoms with E-state index in [0.717, 1.165) is 31.4 Å². The van der Waals surface area contributed by atoms with Crippen molar-refractivity contribution in [3.8, 4) is 16.9 Å². The number of aryl methyl sites for hydroxylation is 3. The van der Waals surface area contributed by atoms with Gasteiger partial charge in [0.25, 0.3) is 0 Å². The first kappa shape index (κ1) is 16.1. The van der Waals surface area contributed by atoms with E-state index < -0.39 is 0 Å². The predicted octanol–water partition coefficient (Wildman–Crippen LogP) is 5.54. The molecular formula is C22H28O. The maximum atomic E-state index is 5.45. The first-order valence-electron chi connectivity index (χ1n) is 9.07. The van der Waals surface area contributed by atoms with Gasteiger partial charge >= 0.3 is 0 Å². The fraction of sp³-hybridized carbons (Fsp3) is 0.455. The highest BCUT2D eigenvalue weighted by atomic mass is 16.5. The van der Waals surface area contributed by atoms with Crippen LogP contribution in [0.5, 0.6) is 5.75 Å². The van der Waals surface area contributed by atoms with Gasteiger partial charge < -0.3 is 4.74 Å². The first-order valence-corrected chi connectivity index (χ1v) is 9.07. The molecule has 0 saturated heterocycles. The lowest BCUT2D eigenvalue weighted by atomic mass is 9.84. The van der Waals surface area contributed by atoms with Crippen LogP contribution in [-0.2, 0) is 32.1 Å². The smallest absolute Gasteiger partial charge is 0.119 e. The number of hydrogen-bond donors (Lipinski definition) is 0. The Morgan fingerprint density at radius 1 is 0.870 bits per heavy atom. The summed E-state index contributed by atoms with van der Waals surface area (Å²) in [6.45, 7) is 6.89. The summed E-state index contributed by atoms with van der Waals surface area (Å²) in [4.78, 5) is 0. The van der Waals surface area contributed by atoms with Crippen LogP contribution in [-0.4, -0.2) is 7.11 Å². The summed E-state index contributed by atoms with van der Waals surface area (Å²) in [5.41, 5.74) is 10.7. The SMILES string of the molecule is CCc1cc2c(c(CC)c1CC)-c1ccc(OC)cc1CCC2. The lowest BCUT2D eigenvalue weighted by Crippen LogP contribution is -2.04. The van der Waals surface area contributed by atoms with Crippen LogP contribution in [0.25, 0.3) is 11.1 Å². The van der Waals surface area contributed by atoms with Crippen LogP contribution in [0.2, 0.25) is 0 Å². The molecule has 0 unspecified atom stereocenters. The summed E-state index contributed by atoms with van der Waals surface area (Å²) in [7, 11) is 1.76. The summed E-state index contributed by atoms with van der Waals surface area (Å²) in [6, 6.07) is 9.13. The van der Waals surface area contributed by atoms with Gasteiger partial charge in [0, 0.05) is 0 Å². The molecule has 0 heterocycles. The highest BCUT2D eigenvalue weighted by molar-refractivity contribution is 5.77. The Morgan fingerprint density at radius 3 is 2.26 bits per heavy atom. The molecule has 0 radical (unpaired) electrons. The minimum atomic E-state index is 0.978. The highest BCUT2D eigenvalue weighted by Crippen LogP contribution is 2.39. The van der Waals surface area contributed by atoms with Crippen molar-refractivity contribution < 1.29 is 4.74 Å². The van der Waals surface area contributed by atoms with E-state index in [4.69, 9.17) is 4.74 Å². The topological polar surface area (TPSA) is 9.23 Å². The molecule has 0 aromatic heterocycles. The van der Waals surface area contributed by atoms with Crippen molar-refractivity contribution in [1.82, 2.24) is 0 Å². The van der Waals surface area contributed by atoms with Crippen LogP contribution < -0.4 is 4.74 Å². The monoisotopic (exact) mass is 308 g/mol. The van der Waals surface area contributed by atoms with Gasteiger partial charge in [0.15, 0.2) is 0 Å². The van der Waals surface area contributed by atoms with Gasteiger partial charge in [-0.3, -0.25) is 0 Å². The largest absolute Gasteiger partial charge is 0.497 e. The van der Waals surface area contributed by atoms with Gasteiger partial charge in [0.2, 0.25) is 0 Å². The fourth-order valence-electron chi connectivity index (χ4n) is 4.20. The predicted molar refractivity (Wildman–Crippen MR) is 98.6 cm³/mol. The molecule has 3 rings (SSSR count). The molecule has 0 spiro atoms. The van der Waals surface area contributed by atoms with Crippen molar-refractivity contribution in [2.24, 2.45) is 0 Å². The quantitative estimate of drug-likeness (QED) is 0.720. The molecule has 1 aliphatic carbocycles. The van der Waals surface area contributed by atoms with Crippen molar-refractivity contribution in [1.29, 1.82) is 0 Å². The minimum Gasteiger partial charge on any atom is -0.497 e. The Bertz CT molecular complexity index is 712. The van der Waals surface area contributed by atoms with Crippen LogP contribution in [0.3, 0.4) is 0 Å². The third-order valence-corrected chi connectivity index (χ3v) is 5.29. The van der Waals surface area contributed by atoms with Gasteiger partial charge in [-0.2, -0.15) is 0 Å². The molecule has 0 amide bonds. The summed E-state index contributed by atoms with van der Waals surface area (Å²) in [5, 5.41) is 0. The van der Waals surface area contributed by atoms with E-state index in [1.54, 1.807) is 29.4 Å². The number of rotatable bonds is 4. The second-order valence-electron chi connectivity index (χ2n) is 6.46. The van der Waals surface area contributed by atoms with E-state index in [1.165, 1.54) is 29.5 Å². The molecule has 23 heavy (non-hydrogen) atoms. The van der Waals surface area contributed by atoms with Crippen LogP contribution in [0.1, 0.15) is 55.0 Å². The third kappa shape index (κ3) is 2.78. The Labute approximate surface area is 140 Å². The highest BCUT2D eigenvalue weighted by Gasteiger charge is 2.21. The molecule has 2 aromatic carbocycles. The van der Waals surface area contributed by atoms with E-state index in [1.807, 2.05) is 0 Å². The standard InChI is InChI=1S/C22H28O/c1-5-15-13-17-10-8-9-16-14-18(23-4)11-12-21(16)22(17)20(7-3)19(15)6-2/h11-14H,5-10H2,1-4H3. The molecule has 1 aliphatic rings. The van der Waals surface area contributed by atoms with Crippen molar-refractivity contribution >= 4 is 0 Å². The molecule has 1 nitrogen and oxygen atoms in total. The van der Waals surface area contributed by atoms with Gasteiger partial charge in [-0.1, -0.05) is 32.9 Å². The maximum absolute atomic E-state index is 5.45. The summed E-state index contributed by atoms with van der Waals surface area (Å²) >= 11 is 0. The summed E-state index contributed by atoms with van der Waals surface area (Å²) in [5.74, 6) is 0.978. The number of fused-ring (bicyclic) bond motifs is 3. The molecule has 0 bridgehead atoms. The first-order chi connectivity index (χ1) is 11.2. The zero-order chi connectivity index (χ0) is 16.4. The van der Waals surface area contributed by atoms with Crippen molar-refractivity contribution in [3.63, 3.8) is 0 Å². The molecule has 1 heteroatoms. The lowest BCUT2D eigenvalue weighted by molar-refractivity contribution is 0.414. The normalized spacial score (nSPS) is 13.2. The minimum absolute atomic E-state index is 0.978. The lowest BCUT2D eigenvalue weighted by Gasteiger charge is -2.21. The molecule has 0 atom stereocenters. The van der Waals surface area contributed by atoms with Crippen LogP contribution >= 0.6 is 0 Å². The Hall–Kier alpha value is -1.76. The van der Waals surface area contributed by atoms with Crippen LogP contribution in [0, 0.1) is 0 Å². The summed E-state index contributed by atoms with van der Waals surface area (Å²) in [6.07, 6.45) is 6.95. The molecule has 122 valence electrons. The Kier molecular flexibility index (Phi) is 4.75. The molecule has 2 aromatic rings. The second-order valence-corrected chi connectivity index (χ2v) is 6.46. The van der Waals surface area contributed by atoms with Gasteiger partial charge in [0.1, 0.15) is 5.75 Å². The second kappa shape index (κ2) is 6.78.